The molecule has 0 radical (unpaired) electrons. The van der Waals surface area contributed by atoms with Gasteiger partial charge in [0.05, 0.1) is 11.2 Å². The Hall–Kier alpha value is -2.72. The van der Waals surface area contributed by atoms with Crippen molar-refractivity contribution in [3.05, 3.63) is 57.5 Å². The molecule has 132 valence electrons. The van der Waals surface area contributed by atoms with Crippen LogP contribution in [-0.4, -0.2) is 33.6 Å². The number of aromatic nitrogens is 4. The minimum absolute atomic E-state index is 0.0781. The Balaban J connectivity index is 1.86. The summed E-state index contributed by atoms with van der Waals surface area (Å²) in [5, 5.41) is 0. The second-order valence-corrected chi connectivity index (χ2v) is 7.29. The molecule has 9 nitrogen and oxygen atoms in total. The Bertz CT molecular complexity index is 1140. The highest BCUT2D eigenvalue weighted by Gasteiger charge is 2.16. The van der Waals surface area contributed by atoms with Crippen molar-refractivity contribution in [3.8, 4) is 0 Å². The highest BCUT2D eigenvalue weighted by Crippen LogP contribution is 2.08. The largest absolute Gasteiger partial charge is 0.332 e. The van der Waals surface area contributed by atoms with Crippen molar-refractivity contribution in [2.24, 2.45) is 14.1 Å². The zero-order chi connectivity index (χ0) is 18.2. The number of benzene rings is 1. The molecule has 25 heavy (non-hydrogen) atoms. The summed E-state index contributed by atoms with van der Waals surface area (Å²) in [6.45, 7) is 0.282. The summed E-state index contributed by atoms with van der Waals surface area (Å²) < 4.78 is 30.7. The van der Waals surface area contributed by atoms with Crippen molar-refractivity contribution in [3.63, 3.8) is 0 Å². The lowest BCUT2D eigenvalue weighted by atomic mass is 10.4. The first kappa shape index (κ1) is 17.1. The van der Waals surface area contributed by atoms with E-state index in [4.69, 9.17) is 0 Å². The van der Waals surface area contributed by atoms with Gasteiger partial charge >= 0.3 is 5.69 Å². The number of aryl methyl sites for hydroxylation is 1. The van der Waals surface area contributed by atoms with Crippen LogP contribution in [0.25, 0.3) is 11.2 Å². The third kappa shape index (κ3) is 3.01. The molecule has 3 rings (SSSR count). The fraction of sp³-hybridized carbons (Fsp3) is 0.267. The number of nitrogens with zero attached hydrogens (tertiary/aromatic N) is 4. The SMILES string of the molecule is Cn1c(=O)c2c(ncn2CCNS(=O)(=O)c2ccccc2)n(C)c1=O. The number of sulfonamides is 1. The Labute approximate surface area is 143 Å². The van der Waals surface area contributed by atoms with Gasteiger partial charge in [-0.2, -0.15) is 0 Å². The predicted octanol–water partition coefficient (Wildman–Crippen LogP) is -0.588. The summed E-state index contributed by atoms with van der Waals surface area (Å²) in [5.41, 5.74) is -0.420. The highest BCUT2D eigenvalue weighted by molar-refractivity contribution is 7.89. The van der Waals surface area contributed by atoms with Gasteiger partial charge in [-0.25, -0.2) is 22.9 Å². The van der Waals surface area contributed by atoms with Crippen LogP contribution >= 0.6 is 0 Å². The van der Waals surface area contributed by atoms with Gasteiger partial charge in [-0.05, 0) is 12.1 Å². The lowest BCUT2D eigenvalue weighted by Gasteiger charge is -2.08. The molecule has 0 aliphatic rings. The lowest BCUT2D eigenvalue weighted by Crippen LogP contribution is -2.37. The summed E-state index contributed by atoms with van der Waals surface area (Å²) in [6.07, 6.45) is 1.42. The molecule has 0 aliphatic carbocycles. The molecule has 0 amide bonds. The van der Waals surface area contributed by atoms with E-state index in [-0.39, 0.29) is 29.1 Å². The maximum atomic E-state index is 12.3. The average molecular weight is 363 g/mol. The van der Waals surface area contributed by atoms with E-state index in [0.717, 1.165) is 4.57 Å². The van der Waals surface area contributed by atoms with Crippen molar-refractivity contribution in [2.75, 3.05) is 6.54 Å². The number of imidazole rings is 1. The molecule has 0 spiro atoms. The topological polar surface area (TPSA) is 108 Å². The zero-order valence-electron chi connectivity index (χ0n) is 13.7. The molecule has 0 bridgehead atoms. The summed E-state index contributed by atoms with van der Waals surface area (Å²) >= 11 is 0. The molecule has 0 fully saturated rings. The van der Waals surface area contributed by atoms with Crippen LogP contribution in [0.15, 0.2) is 51.1 Å². The number of nitrogens with one attached hydrogen (secondary N) is 1. The molecule has 0 unspecified atom stereocenters. The van der Waals surface area contributed by atoms with Gasteiger partial charge in [0, 0.05) is 27.2 Å². The molecule has 1 N–H and O–H groups in total. The fourth-order valence-electron chi connectivity index (χ4n) is 2.55. The minimum Gasteiger partial charge on any atom is -0.323 e. The average Bonchev–Trinajstić information content (AvgIpc) is 3.03. The van der Waals surface area contributed by atoms with Gasteiger partial charge in [0.2, 0.25) is 10.0 Å². The first-order valence-electron chi connectivity index (χ1n) is 7.48. The normalized spacial score (nSPS) is 11.9. The van der Waals surface area contributed by atoms with E-state index in [2.05, 4.69) is 9.71 Å². The van der Waals surface area contributed by atoms with Gasteiger partial charge in [0.15, 0.2) is 11.2 Å². The van der Waals surface area contributed by atoms with Crippen molar-refractivity contribution in [1.29, 1.82) is 0 Å². The molecule has 3 aromatic rings. The van der Waals surface area contributed by atoms with Gasteiger partial charge in [-0.3, -0.25) is 13.9 Å². The van der Waals surface area contributed by atoms with Crippen molar-refractivity contribution >= 4 is 21.2 Å². The van der Waals surface area contributed by atoms with E-state index in [1.54, 1.807) is 18.2 Å². The number of rotatable bonds is 5. The smallest absolute Gasteiger partial charge is 0.323 e. The summed E-state index contributed by atoms with van der Waals surface area (Å²) in [7, 11) is -0.706. The van der Waals surface area contributed by atoms with Crippen LogP contribution in [0.1, 0.15) is 0 Å². The zero-order valence-corrected chi connectivity index (χ0v) is 14.5. The number of fused-ring (bicyclic) bond motifs is 1. The molecule has 0 aliphatic heterocycles. The third-order valence-corrected chi connectivity index (χ3v) is 5.39. The van der Waals surface area contributed by atoms with E-state index in [9.17, 15) is 18.0 Å². The van der Waals surface area contributed by atoms with E-state index >= 15 is 0 Å². The van der Waals surface area contributed by atoms with Crippen molar-refractivity contribution in [1.82, 2.24) is 23.4 Å². The monoisotopic (exact) mass is 363 g/mol. The van der Waals surface area contributed by atoms with Gasteiger partial charge < -0.3 is 4.57 Å². The van der Waals surface area contributed by atoms with E-state index in [1.165, 1.54) is 41.7 Å². The Morgan fingerprint density at radius 2 is 1.76 bits per heavy atom. The number of hydrogen-bond acceptors (Lipinski definition) is 5. The van der Waals surface area contributed by atoms with E-state index in [0.29, 0.717) is 0 Å². The summed E-state index contributed by atoms with van der Waals surface area (Å²) in [4.78, 5) is 28.5. The first-order valence-corrected chi connectivity index (χ1v) is 8.97. The Morgan fingerprint density at radius 3 is 2.44 bits per heavy atom. The van der Waals surface area contributed by atoms with E-state index < -0.39 is 21.3 Å². The molecular weight excluding hydrogens is 346 g/mol. The minimum atomic E-state index is -3.62. The molecule has 1 aromatic carbocycles. The van der Waals surface area contributed by atoms with Crippen molar-refractivity contribution < 1.29 is 8.42 Å². The van der Waals surface area contributed by atoms with Crippen molar-refractivity contribution in [2.45, 2.75) is 11.4 Å². The summed E-state index contributed by atoms with van der Waals surface area (Å²) in [6, 6.07) is 8.02. The van der Waals surface area contributed by atoms with Crippen LogP contribution < -0.4 is 16.0 Å². The second kappa shape index (κ2) is 6.30. The van der Waals surface area contributed by atoms with Crippen LogP contribution in [0.3, 0.4) is 0 Å². The number of hydrogen-bond donors (Lipinski definition) is 1. The Morgan fingerprint density at radius 1 is 1.08 bits per heavy atom. The van der Waals surface area contributed by atoms with Crippen LogP contribution in [-0.2, 0) is 30.7 Å². The van der Waals surface area contributed by atoms with Gasteiger partial charge in [-0.1, -0.05) is 18.2 Å². The quantitative estimate of drug-likeness (QED) is 0.652. The third-order valence-electron chi connectivity index (χ3n) is 3.92. The van der Waals surface area contributed by atoms with Crippen LogP contribution in [0.2, 0.25) is 0 Å². The molecule has 0 atom stereocenters. The van der Waals surface area contributed by atoms with Crippen LogP contribution in [0.5, 0.6) is 0 Å². The standard InChI is InChI=1S/C15H17N5O4S/c1-18-13-12(14(21)19(2)15(18)22)20(10-16-13)9-8-17-25(23,24)11-6-4-3-5-7-11/h3-7,10,17H,8-9H2,1-2H3. The highest BCUT2D eigenvalue weighted by atomic mass is 32.2. The van der Waals surface area contributed by atoms with Crippen LogP contribution in [0, 0.1) is 0 Å². The maximum Gasteiger partial charge on any atom is 0.332 e. The fourth-order valence-corrected chi connectivity index (χ4v) is 3.59. The first-order chi connectivity index (χ1) is 11.8. The molecule has 10 heteroatoms. The second-order valence-electron chi connectivity index (χ2n) is 5.53. The lowest BCUT2D eigenvalue weighted by molar-refractivity contribution is 0.574. The van der Waals surface area contributed by atoms with Gasteiger partial charge in [0.1, 0.15) is 0 Å². The molecule has 2 heterocycles. The molecular formula is C15H17N5O4S. The van der Waals surface area contributed by atoms with Gasteiger partial charge in [-0.15, -0.1) is 0 Å². The van der Waals surface area contributed by atoms with Crippen LogP contribution in [0.4, 0.5) is 0 Å². The van der Waals surface area contributed by atoms with E-state index in [1.807, 2.05) is 0 Å². The molecule has 2 aromatic heterocycles. The molecule has 0 saturated heterocycles. The predicted molar refractivity (Wildman–Crippen MR) is 91.8 cm³/mol. The summed E-state index contributed by atoms with van der Waals surface area (Å²) in [5.74, 6) is 0. The molecule has 0 saturated carbocycles. The maximum absolute atomic E-state index is 12.3. The Kier molecular flexibility index (Phi) is 4.31. The van der Waals surface area contributed by atoms with Gasteiger partial charge in [0.25, 0.3) is 5.56 Å².